The zero-order valence-electron chi connectivity index (χ0n) is 12.0. The SMILES string of the molecule is COC(=O)c1c(Cl)c(C(=O)C(=O)NC(C)C(F)(F)F)c(Br)n1C. The van der Waals surface area contributed by atoms with Gasteiger partial charge in [-0.3, -0.25) is 9.59 Å². The Bertz CT molecular complexity index is 672. The van der Waals surface area contributed by atoms with Gasteiger partial charge in [-0.1, -0.05) is 11.6 Å². The number of carbonyl (C=O) groups excluding carboxylic acids is 3. The number of ketones is 1. The summed E-state index contributed by atoms with van der Waals surface area (Å²) in [4.78, 5) is 35.4. The zero-order valence-corrected chi connectivity index (χ0v) is 14.4. The number of Topliss-reactive ketones (excluding diaryl/α,β-unsaturated/α-hetero) is 1. The van der Waals surface area contributed by atoms with Crippen LogP contribution in [0.15, 0.2) is 4.60 Å². The van der Waals surface area contributed by atoms with E-state index in [1.165, 1.54) is 12.4 Å². The fraction of sp³-hybridized carbons (Fsp3) is 0.417. The van der Waals surface area contributed by atoms with Crippen molar-refractivity contribution in [2.45, 2.75) is 19.1 Å². The number of hydrogen-bond donors (Lipinski definition) is 1. The van der Waals surface area contributed by atoms with Gasteiger partial charge < -0.3 is 14.6 Å². The summed E-state index contributed by atoms with van der Waals surface area (Å²) in [6, 6.07) is -2.22. The van der Waals surface area contributed by atoms with Crippen LogP contribution >= 0.6 is 27.5 Å². The molecule has 0 aliphatic rings. The largest absolute Gasteiger partial charge is 0.464 e. The van der Waals surface area contributed by atoms with Crippen molar-refractivity contribution < 1.29 is 32.3 Å². The molecule has 11 heteroatoms. The first-order valence-corrected chi connectivity index (χ1v) is 7.14. The maximum Gasteiger partial charge on any atom is 0.408 e. The van der Waals surface area contributed by atoms with E-state index >= 15 is 0 Å². The highest BCUT2D eigenvalue weighted by atomic mass is 79.9. The number of carbonyl (C=O) groups is 3. The van der Waals surface area contributed by atoms with Gasteiger partial charge in [-0.2, -0.15) is 13.2 Å². The second-order valence-electron chi connectivity index (χ2n) is 4.44. The van der Waals surface area contributed by atoms with E-state index in [4.69, 9.17) is 11.6 Å². The summed E-state index contributed by atoms with van der Waals surface area (Å²) in [7, 11) is 2.44. The Kier molecular flexibility index (Phi) is 5.86. The summed E-state index contributed by atoms with van der Waals surface area (Å²) < 4.78 is 42.9. The van der Waals surface area contributed by atoms with Crippen LogP contribution in [0.5, 0.6) is 0 Å². The molecule has 6 nitrogen and oxygen atoms in total. The van der Waals surface area contributed by atoms with Gasteiger partial charge >= 0.3 is 12.1 Å². The molecule has 128 valence electrons. The molecule has 0 bridgehead atoms. The third-order valence-electron chi connectivity index (χ3n) is 2.91. The lowest BCUT2D eigenvalue weighted by molar-refractivity contribution is -0.156. The van der Waals surface area contributed by atoms with E-state index in [1.807, 2.05) is 0 Å². The van der Waals surface area contributed by atoms with Crippen LogP contribution in [0.25, 0.3) is 0 Å². The summed E-state index contributed by atoms with van der Waals surface area (Å²) in [6.45, 7) is 0.687. The molecule has 0 aliphatic carbocycles. The van der Waals surface area contributed by atoms with Gasteiger partial charge in [0, 0.05) is 7.05 Å². The van der Waals surface area contributed by atoms with E-state index in [0.717, 1.165) is 11.7 Å². The van der Waals surface area contributed by atoms with Crippen LogP contribution in [0, 0.1) is 0 Å². The molecule has 23 heavy (non-hydrogen) atoms. The fourth-order valence-corrected chi connectivity index (χ4v) is 2.65. The molecule has 1 unspecified atom stereocenters. The molecule has 1 atom stereocenters. The number of alkyl halides is 3. The van der Waals surface area contributed by atoms with Gasteiger partial charge in [0.05, 0.1) is 22.3 Å². The summed E-state index contributed by atoms with van der Waals surface area (Å²) in [5, 5.41) is 1.13. The van der Waals surface area contributed by atoms with E-state index in [9.17, 15) is 27.6 Å². The van der Waals surface area contributed by atoms with Crippen molar-refractivity contribution in [1.82, 2.24) is 9.88 Å². The van der Waals surface area contributed by atoms with Gasteiger partial charge in [-0.25, -0.2) is 4.79 Å². The van der Waals surface area contributed by atoms with Crippen molar-refractivity contribution in [3.05, 3.63) is 20.9 Å². The highest BCUT2D eigenvalue weighted by Crippen LogP contribution is 2.32. The van der Waals surface area contributed by atoms with Crippen LogP contribution in [0.4, 0.5) is 13.2 Å². The molecule has 0 saturated heterocycles. The molecule has 1 amide bonds. The normalized spacial score (nSPS) is 12.7. The van der Waals surface area contributed by atoms with Crippen LogP contribution in [-0.4, -0.2) is 41.6 Å². The smallest absolute Gasteiger partial charge is 0.408 e. The van der Waals surface area contributed by atoms with Gasteiger partial charge in [0.2, 0.25) is 0 Å². The molecule has 0 aliphatic heterocycles. The van der Waals surface area contributed by atoms with Gasteiger partial charge in [0.15, 0.2) is 0 Å². The van der Waals surface area contributed by atoms with Crippen LogP contribution in [0.2, 0.25) is 5.02 Å². The van der Waals surface area contributed by atoms with E-state index in [2.05, 4.69) is 20.7 Å². The average molecular weight is 420 g/mol. The minimum absolute atomic E-state index is 0.0392. The van der Waals surface area contributed by atoms with Crippen molar-refractivity contribution >= 4 is 45.2 Å². The average Bonchev–Trinajstić information content (AvgIpc) is 2.66. The summed E-state index contributed by atoms with van der Waals surface area (Å²) >= 11 is 8.87. The predicted molar refractivity (Wildman–Crippen MR) is 77.5 cm³/mol. The molecule has 1 aromatic rings. The number of nitrogens with one attached hydrogen (secondary N) is 1. The Morgan fingerprint density at radius 2 is 1.87 bits per heavy atom. The lowest BCUT2D eigenvalue weighted by atomic mass is 10.2. The Labute approximate surface area is 142 Å². The molecule has 0 radical (unpaired) electrons. The van der Waals surface area contributed by atoms with Gasteiger partial charge in [-0.15, -0.1) is 0 Å². The van der Waals surface area contributed by atoms with E-state index in [1.54, 1.807) is 0 Å². The molecular formula is C12H11BrClF3N2O4. The molecule has 1 heterocycles. The van der Waals surface area contributed by atoms with Crippen molar-refractivity contribution in [3.8, 4) is 0 Å². The third-order valence-corrected chi connectivity index (χ3v) is 4.21. The minimum atomic E-state index is -4.70. The molecular weight excluding hydrogens is 408 g/mol. The number of aromatic nitrogens is 1. The highest BCUT2D eigenvalue weighted by Gasteiger charge is 2.39. The zero-order chi connectivity index (χ0) is 18.1. The van der Waals surface area contributed by atoms with E-state index in [-0.39, 0.29) is 10.3 Å². The van der Waals surface area contributed by atoms with Gasteiger partial charge in [0.1, 0.15) is 11.7 Å². The monoisotopic (exact) mass is 418 g/mol. The Balaban J connectivity index is 3.20. The summed E-state index contributed by atoms with van der Waals surface area (Å²) in [6.07, 6.45) is -4.70. The van der Waals surface area contributed by atoms with Crippen molar-refractivity contribution in [2.75, 3.05) is 7.11 Å². The Morgan fingerprint density at radius 3 is 2.30 bits per heavy atom. The predicted octanol–water partition coefficient (Wildman–Crippen LogP) is 2.48. The molecule has 1 aromatic heterocycles. The van der Waals surface area contributed by atoms with Crippen molar-refractivity contribution in [2.24, 2.45) is 7.05 Å². The summed E-state index contributed by atoms with van der Waals surface area (Å²) in [5.74, 6) is -3.69. The second-order valence-corrected chi connectivity index (χ2v) is 5.57. The maximum absolute atomic E-state index is 12.4. The van der Waals surface area contributed by atoms with Crippen molar-refractivity contribution in [1.29, 1.82) is 0 Å². The van der Waals surface area contributed by atoms with Crippen LogP contribution in [0.1, 0.15) is 27.8 Å². The first kappa shape index (κ1) is 19.5. The molecule has 0 fully saturated rings. The number of hydrogen-bond acceptors (Lipinski definition) is 4. The maximum atomic E-state index is 12.4. The van der Waals surface area contributed by atoms with Gasteiger partial charge in [-0.05, 0) is 22.9 Å². The molecule has 1 N–H and O–H groups in total. The molecule has 0 spiro atoms. The number of rotatable bonds is 4. The standard InChI is InChI=1S/C12H11BrClF3N2O4/c1-4(12(15,16)17)18-10(21)8(20)5-6(14)7(11(22)23-3)19(2)9(5)13/h4H,1-3H3,(H,18,21). The van der Waals surface area contributed by atoms with Crippen molar-refractivity contribution in [3.63, 3.8) is 0 Å². The molecule has 1 rings (SSSR count). The first-order chi connectivity index (χ1) is 10.4. The fourth-order valence-electron chi connectivity index (χ4n) is 1.60. The van der Waals surface area contributed by atoms with Crippen LogP contribution in [-0.2, 0) is 16.6 Å². The van der Waals surface area contributed by atoms with Gasteiger partial charge in [0.25, 0.3) is 11.7 Å². The first-order valence-electron chi connectivity index (χ1n) is 5.97. The minimum Gasteiger partial charge on any atom is -0.464 e. The van der Waals surface area contributed by atoms with Crippen LogP contribution in [0.3, 0.4) is 0 Å². The molecule has 0 saturated carbocycles. The third kappa shape index (κ3) is 3.86. The topological polar surface area (TPSA) is 77.4 Å². The Morgan fingerprint density at radius 1 is 1.35 bits per heavy atom. The number of halogens is 5. The number of ether oxygens (including phenoxy) is 1. The Hall–Kier alpha value is -1.55. The quantitative estimate of drug-likeness (QED) is 0.462. The van der Waals surface area contributed by atoms with Crippen LogP contribution < -0.4 is 5.32 Å². The summed E-state index contributed by atoms with van der Waals surface area (Å²) in [5.41, 5.74) is -0.650. The number of amides is 1. The highest BCUT2D eigenvalue weighted by molar-refractivity contribution is 9.10. The van der Waals surface area contributed by atoms with E-state index in [0.29, 0.717) is 6.92 Å². The number of methoxy groups -OCH3 is 1. The number of esters is 1. The number of nitrogens with zero attached hydrogens (tertiary/aromatic N) is 1. The second kappa shape index (κ2) is 6.91. The van der Waals surface area contributed by atoms with E-state index < -0.39 is 40.5 Å². The molecule has 0 aromatic carbocycles. The lowest BCUT2D eigenvalue weighted by Gasteiger charge is -2.16. The lowest BCUT2D eigenvalue weighted by Crippen LogP contribution is -2.45.